The predicted molar refractivity (Wildman–Crippen MR) is 106 cm³/mol. The van der Waals surface area contributed by atoms with Crippen LogP contribution < -0.4 is 0 Å². The maximum Gasteiger partial charge on any atom is 0.282 e. The lowest BCUT2D eigenvalue weighted by molar-refractivity contribution is 0.0616. The van der Waals surface area contributed by atoms with Crippen molar-refractivity contribution in [1.29, 1.82) is 0 Å². The first-order valence-electron chi connectivity index (χ1n) is 8.66. The van der Waals surface area contributed by atoms with Crippen molar-refractivity contribution in [3.63, 3.8) is 0 Å². The summed E-state index contributed by atoms with van der Waals surface area (Å²) in [7, 11) is 0. The summed E-state index contributed by atoms with van der Waals surface area (Å²) >= 11 is 0. The molecule has 1 heterocycles. The summed E-state index contributed by atoms with van der Waals surface area (Å²) in [5.74, 6) is -0.803. The lowest BCUT2D eigenvalue weighted by Crippen LogP contribution is -2.36. The number of fused-ring (bicyclic) bond motifs is 1. The molecule has 0 aromatic heterocycles. The molecule has 0 bridgehead atoms. The fourth-order valence-electron chi connectivity index (χ4n) is 3.54. The highest BCUT2D eigenvalue weighted by Gasteiger charge is 2.32. The molecule has 0 spiro atoms. The van der Waals surface area contributed by atoms with Gasteiger partial charge in [0.05, 0.1) is 17.3 Å². The Morgan fingerprint density at radius 2 is 1.30 bits per heavy atom. The molecule has 0 unspecified atom stereocenters. The van der Waals surface area contributed by atoms with Crippen LogP contribution in [0.1, 0.15) is 26.3 Å². The molecule has 2 amide bonds. The average Bonchev–Trinajstić information content (AvgIpc) is 2.71. The number of carbonyl (C=O) groups excluding carboxylic acids is 2. The normalized spacial score (nSPS) is 13.9. The molecule has 0 radical (unpaired) electrons. The highest BCUT2D eigenvalue weighted by Crippen LogP contribution is 2.30. The number of imide groups is 1. The van der Waals surface area contributed by atoms with Gasteiger partial charge < -0.3 is 0 Å². The molecule has 1 aliphatic rings. The largest absolute Gasteiger partial charge is 0.282 e. The number of carbonyl (C=O) groups is 2. The van der Waals surface area contributed by atoms with Gasteiger partial charge in [0, 0.05) is 5.39 Å². The van der Waals surface area contributed by atoms with Gasteiger partial charge in [-0.05, 0) is 39.9 Å². The van der Waals surface area contributed by atoms with Gasteiger partial charge in [-0.15, -0.1) is 0 Å². The molecule has 0 saturated heterocycles. The van der Waals surface area contributed by atoms with E-state index in [2.05, 4.69) is 5.10 Å². The maximum absolute atomic E-state index is 12.8. The van der Waals surface area contributed by atoms with Gasteiger partial charge in [-0.25, -0.2) is 0 Å². The van der Waals surface area contributed by atoms with E-state index in [0.717, 1.165) is 26.7 Å². The molecule has 27 heavy (non-hydrogen) atoms. The van der Waals surface area contributed by atoms with Crippen LogP contribution in [0.3, 0.4) is 0 Å². The van der Waals surface area contributed by atoms with Gasteiger partial charge >= 0.3 is 0 Å². The zero-order valence-electron chi connectivity index (χ0n) is 14.3. The molecule has 0 fully saturated rings. The van der Waals surface area contributed by atoms with Crippen molar-refractivity contribution >= 4 is 39.6 Å². The Hall–Kier alpha value is -3.79. The summed E-state index contributed by atoms with van der Waals surface area (Å²) in [5.41, 5.74) is 1.82. The zero-order valence-corrected chi connectivity index (χ0v) is 14.3. The van der Waals surface area contributed by atoms with Crippen molar-refractivity contribution in [2.75, 3.05) is 0 Å². The minimum Gasteiger partial charge on any atom is -0.267 e. The molecule has 5 rings (SSSR count). The first-order valence-corrected chi connectivity index (χ1v) is 8.66. The van der Waals surface area contributed by atoms with Crippen LogP contribution in [-0.4, -0.2) is 23.0 Å². The third kappa shape index (κ3) is 2.42. The van der Waals surface area contributed by atoms with Crippen LogP contribution >= 0.6 is 0 Å². The fraction of sp³-hybridized carbons (Fsp3) is 0. The maximum atomic E-state index is 12.8. The van der Waals surface area contributed by atoms with Gasteiger partial charge in [0.25, 0.3) is 11.8 Å². The van der Waals surface area contributed by atoms with E-state index in [1.54, 1.807) is 18.3 Å². The summed E-state index contributed by atoms with van der Waals surface area (Å²) < 4.78 is 0. The lowest BCUT2D eigenvalue weighted by Gasteiger charge is -2.23. The van der Waals surface area contributed by atoms with E-state index in [1.807, 2.05) is 66.7 Å². The molecule has 128 valence electrons. The van der Waals surface area contributed by atoms with E-state index in [-0.39, 0.29) is 0 Å². The summed E-state index contributed by atoms with van der Waals surface area (Å²) in [6.45, 7) is 0. The number of hydrazone groups is 1. The monoisotopic (exact) mass is 350 g/mol. The van der Waals surface area contributed by atoms with Gasteiger partial charge in [-0.2, -0.15) is 10.1 Å². The molecule has 0 aliphatic carbocycles. The minimum absolute atomic E-state index is 0.402. The van der Waals surface area contributed by atoms with Crippen LogP contribution in [0.15, 0.2) is 84.0 Å². The highest BCUT2D eigenvalue weighted by molar-refractivity contribution is 6.25. The highest BCUT2D eigenvalue weighted by atomic mass is 16.2. The smallest absolute Gasteiger partial charge is 0.267 e. The van der Waals surface area contributed by atoms with E-state index < -0.39 is 11.8 Å². The molecular formula is C23H14N2O2. The Morgan fingerprint density at radius 1 is 0.667 bits per heavy atom. The summed E-state index contributed by atoms with van der Waals surface area (Å²) in [4.78, 5) is 25.7. The second-order valence-electron chi connectivity index (χ2n) is 6.48. The molecule has 4 aromatic rings. The molecule has 0 saturated carbocycles. The van der Waals surface area contributed by atoms with Crippen molar-refractivity contribution in [1.82, 2.24) is 5.01 Å². The van der Waals surface area contributed by atoms with Crippen molar-refractivity contribution in [2.24, 2.45) is 5.10 Å². The standard InChI is InChI=1S/C23H14N2O2/c26-22-19-9-3-7-17-8-4-10-20(21(17)19)23(27)25(22)24-14-15-11-12-16-5-1-2-6-18(16)13-15/h1-14H/b24-14-. The van der Waals surface area contributed by atoms with Crippen LogP contribution in [0.4, 0.5) is 0 Å². The Bertz CT molecular complexity index is 1220. The number of hydrogen-bond donors (Lipinski definition) is 0. The molecule has 1 aliphatic heterocycles. The second kappa shape index (κ2) is 5.88. The Kier molecular flexibility index (Phi) is 3.37. The minimum atomic E-state index is -0.402. The second-order valence-corrected chi connectivity index (χ2v) is 6.48. The molecule has 4 heteroatoms. The Morgan fingerprint density at radius 3 is 2.00 bits per heavy atom. The number of amides is 2. The summed E-state index contributed by atoms with van der Waals surface area (Å²) in [5, 5.41) is 8.95. The third-order valence-electron chi connectivity index (χ3n) is 4.85. The van der Waals surface area contributed by atoms with Gasteiger partial charge in [-0.3, -0.25) is 9.59 Å². The van der Waals surface area contributed by atoms with E-state index in [0.29, 0.717) is 16.5 Å². The number of nitrogens with zero attached hydrogens (tertiary/aromatic N) is 2. The lowest BCUT2D eigenvalue weighted by atomic mass is 9.95. The van der Waals surface area contributed by atoms with E-state index in [1.165, 1.54) is 0 Å². The van der Waals surface area contributed by atoms with Crippen molar-refractivity contribution in [3.05, 3.63) is 95.6 Å². The Balaban J connectivity index is 1.56. The van der Waals surface area contributed by atoms with Crippen molar-refractivity contribution in [2.45, 2.75) is 0 Å². The quantitative estimate of drug-likeness (QED) is 0.391. The van der Waals surface area contributed by atoms with Crippen molar-refractivity contribution in [3.8, 4) is 0 Å². The third-order valence-corrected chi connectivity index (χ3v) is 4.85. The zero-order chi connectivity index (χ0) is 18.4. The van der Waals surface area contributed by atoms with Gasteiger partial charge in [-0.1, -0.05) is 60.7 Å². The summed E-state index contributed by atoms with van der Waals surface area (Å²) in [6.07, 6.45) is 1.55. The van der Waals surface area contributed by atoms with Gasteiger partial charge in [0.1, 0.15) is 0 Å². The first kappa shape index (κ1) is 15.5. The van der Waals surface area contributed by atoms with Crippen LogP contribution in [-0.2, 0) is 0 Å². The van der Waals surface area contributed by atoms with Gasteiger partial charge in [0.15, 0.2) is 0 Å². The number of benzene rings is 4. The van der Waals surface area contributed by atoms with Crippen LogP contribution in [0.5, 0.6) is 0 Å². The number of rotatable bonds is 2. The predicted octanol–water partition coefficient (Wildman–Crippen LogP) is 4.62. The Labute approximate surface area is 155 Å². The summed E-state index contributed by atoms with van der Waals surface area (Å²) in [6, 6.07) is 24.8. The molecule has 0 atom stereocenters. The topological polar surface area (TPSA) is 49.7 Å². The average molecular weight is 350 g/mol. The fourth-order valence-corrected chi connectivity index (χ4v) is 3.54. The van der Waals surface area contributed by atoms with Crippen LogP contribution in [0.25, 0.3) is 21.5 Å². The van der Waals surface area contributed by atoms with Gasteiger partial charge in [0.2, 0.25) is 0 Å². The van der Waals surface area contributed by atoms with Crippen LogP contribution in [0.2, 0.25) is 0 Å². The van der Waals surface area contributed by atoms with E-state index >= 15 is 0 Å². The van der Waals surface area contributed by atoms with Crippen molar-refractivity contribution < 1.29 is 9.59 Å². The molecule has 0 N–H and O–H groups in total. The SMILES string of the molecule is O=C1c2cccc3cccc(c23)C(=O)N1/N=C\c1ccc2ccccc2c1. The van der Waals surface area contributed by atoms with Crippen LogP contribution in [0, 0.1) is 0 Å². The molecule has 4 nitrogen and oxygen atoms in total. The first-order chi connectivity index (χ1) is 13.2. The molecular weight excluding hydrogens is 336 g/mol. The van der Waals surface area contributed by atoms with E-state index in [4.69, 9.17) is 0 Å². The van der Waals surface area contributed by atoms with E-state index in [9.17, 15) is 9.59 Å². The molecule has 4 aromatic carbocycles. The number of hydrogen-bond acceptors (Lipinski definition) is 3.